The molecule has 0 radical (unpaired) electrons. The molecule has 1 N–H and O–H groups in total. The third kappa shape index (κ3) is 4.28. The second-order valence-corrected chi connectivity index (χ2v) is 10.5. The van der Waals surface area contributed by atoms with Crippen LogP contribution < -0.4 is 5.32 Å². The fraction of sp³-hybridized carbons (Fsp3) is 0.320. The average Bonchev–Trinajstić information content (AvgIpc) is 3.54. The third-order valence-corrected chi connectivity index (χ3v) is 8.21. The molecule has 0 bridgehead atoms. The van der Waals surface area contributed by atoms with Gasteiger partial charge in [-0.15, -0.1) is 0 Å². The number of nitrogens with zero attached hydrogens (tertiary/aromatic N) is 2. The van der Waals surface area contributed by atoms with Gasteiger partial charge < -0.3 is 10.1 Å². The van der Waals surface area contributed by atoms with E-state index < -0.39 is 28.5 Å². The minimum Gasteiger partial charge on any atom is -0.452 e. The summed E-state index contributed by atoms with van der Waals surface area (Å²) in [7, 11) is -3.51. The van der Waals surface area contributed by atoms with Crippen LogP contribution in [0, 0.1) is 0 Å². The lowest BCUT2D eigenvalue weighted by molar-refractivity contribution is -0.119. The van der Waals surface area contributed by atoms with E-state index >= 15 is 0 Å². The van der Waals surface area contributed by atoms with E-state index in [0.717, 1.165) is 54.3 Å². The standard InChI is InChI=1S/C25H25N3O5S/c29-23(26-17-10-12-18(13-11-17)34(31,32)28-14-3-4-15-28)16-33-25(30)24-19-6-1-2-8-21(19)27-22-9-5-7-20(22)24/h1-2,6,8,10-13H,3-5,7,9,14-16H2,(H,26,29). The number of fused-ring (bicyclic) bond motifs is 2. The summed E-state index contributed by atoms with van der Waals surface area (Å²) in [6.45, 7) is 0.613. The number of benzene rings is 2. The molecule has 2 heterocycles. The summed E-state index contributed by atoms with van der Waals surface area (Å²) in [6, 6.07) is 13.4. The second kappa shape index (κ2) is 9.15. The summed E-state index contributed by atoms with van der Waals surface area (Å²) < 4.78 is 32.1. The first-order valence-electron chi connectivity index (χ1n) is 11.4. The molecule has 0 saturated carbocycles. The van der Waals surface area contributed by atoms with E-state index in [1.54, 1.807) is 0 Å². The molecule has 0 atom stereocenters. The number of aromatic nitrogens is 1. The first-order valence-corrected chi connectivity index (χ1v) is 12.9. The van der Waals surface area contributed by atoms with E-state index in [4.69, 9.17) is 4.74 Å². The zero-order chi connectivity index (χ0) is 23.7. The molecule has 8 nitrogen and oxygen atoms in total. The Morgan fingerprint density at radius 3 is 2.47 bits per heavy atom. The molecule has 0 unspecified atom stereocenters. The van der Waals surface area contributed by atoms with E-state index in [0.29, 0.717) is 24.3 Å². The van der Waals surface area contributed by atoms with Crippen LogP contribution in [0.25, 0.3) is 10.9 Å². The molecule has 34 heavy (non-hydrogen) atoms. The molecule has 2 aromatic carbocycles. The fourth-order valence-corrected chi connectivity index (χ4v) is 6.15. The highest BCUT2D eigenvalue weighted by Crippen LogP contribution is 2.30. The number of hydrogen-bond donors (Lipinski definition) is 1. The molecule has 3 aromatic rings. The van der Waals surface area contributed by atoms with Crippen molar-refractivity contribution in [1.82, 2.24) is 9.29 Å². The van der Waals surface area contributed by atoms with E-state index in [1.807, 2.05) is 24.3 Å². The van der Waals surface area contributed by atoms with Crippen LogP contribution in [-0.2, 0) is 32.4 Å². The Labute approximate surface area is 198 Å². The number of rotatable bonds is 6. The van der Waals surface area contributed by atoms with Gasteiger partial charge in [-0.25, -0.2) is 13.2 Å². The Kier molecular flexibility index (Phi) is 6.05. The predicted octanol–water partition coefficient (Wildman–Crippen LogP) is 3.30. The van der Waals surface area contributed by atoms with Crippen LogP contribution in [0.1, 0.15) is 40.9 Å². The molecule has 2 aliphatic rings. The van der Waals surface area contributed by atoms with E-state index in [2.05, 4.69) is 10.3 Å². The Balaban J connectivity index is 1.25. The molecule has 9 heteroatoms. The summed E-state index contributed by atoms with van der Waals surface area (Å²) in [5.41, 5.74) is 3.47. The SMILES string of the molecule is O=C(COC(=O)c1c2c(nc3ccccc13)CCC2)Nc1ccc(S(=O)(=O)N2CCCC2)cc1. The van der Waals surface area contributed by atoms with Crippen LogP contribution in [0.15, 0.2) is 53.4 Å². The lowest BCUT2D eigenvalue weighted by atomic mass is 10.0. The molecule has 0 spiro atoms. The first kappa shape index (κ1) is 22.5. The number of hydrogen-bond acceptors (Lipinski definition) is 6. The molecule has 1 fully saturated rings. The van der Waals surface area contributed by atoms with Crippen molar-refractivity contribution in [2.75, 3.05) is 25.0 Å². The van der Waals surface area contributed by atoms with Crippen LogP contribution >= 0.6 is 0 Å². The van der Waals surface area contributed by atoms with Gasteiger partial charge in [-0.1, -0.05) is 18.2 Å². The topological polar surface area (TPSA) is 106 Å². The summed E-state index contributed by atoms with van der Waals surface area (Å²) in [6.07, 6.45) is 4.25. The Hall–Kier alpha value is -3.30. The largest absolute Gasteiger partial charge is 0.452 e. The number of carbonyl (C=O) groups is 2. The normalized spacial score (nSPS) is 15.9. The zero-order valence-corrected chi connectivity index (χ0v) is 19.4. The molecule has 1 amide bonds. The van der Waals surface area contributed by atoms with Crippen molar-refractivity contribution in [3.8, 4) is 0 Å². The maximum Gasteiger partial charge on any atom is 0.339 e. The number of pyridine rings is 1. The highest BCUT2D eigenvalue weighted by molar-refractivity contribution is 7.89. The highest BCUT2D eigenvalue weighted by atomic mass is 32.2. The number of esters is 1. The van der Waals surface area contributed by atoms with Gasteiger partial charge in [0.1, 0.15) is 0 Å². The van der Waals surface area contributed by atoms with Crippen molar-refractivity contribution >= 4 is 38.5 Å². The Bertz CT molecular complexity index is 1360. The van der Waals surface area contributed by atoms with Crippen LogP contribution in [0.3, 0.4) is 0 Å². The quantitative estimate of drug-likeness (QED) is 0.544. The van der Waals surface area contributed by atoms with Crippen LogP contribution in [0.5, 0.6) is 0 Å². The number of nitrogens with one attached hydrogen (secondary N) is 1. The molecule has 1 aliphatic carbocycles. The van der Waals surface area contributed by atoms with Crippen LogP contribution in [-0.4, -0.2) is 49.3 Å². The summed E-state index contributed by atoms with van der Waals surface area (Å²) in [5, 5.41) is 3.37. The van der Waals surface area contributed by atoms with Crippen molar-refractivity contribution in [2.45, 2.75) is 37.0 Å². The maximum atomic E-state index is 13.0. The monoisotopic (exact) mass is 479 g/mol. The fourth-order valence-electron chi connectivity index (χ4n) is 4.63. The van der Waals surface area contributed by atoms with Crippen molar-refractivity contribution in [3.63, 3.8) is 0 Å². The summed E-state index contributed by atoms with van der Waals surface area (Å²) in [4.78, 5) is 30.2. The van der Waals surface area contributed by atoms with E-state index in [1.165, 1.54) is 28.6 Å². The van der Waals surface area contributed by atoms with Crippen molar-refractivity contribution in [1.29, 1.82) is 0 Å². The number of carbonyl (C=O) groups excluding carboxylic acids is 2. The van der Waals surface area contributed by atoms with Gasteiger partial charge in [-0.3, -0.25) is 9.78 Å². The van der Waals surface area contributed by atoms with E-state index in [9.17, 15) is 18.0 Å². The predicted molar refractivity (Wildman–Crippen MR) is 127 cm³/mol. The van der Waals surface area contributed by atoms with Crippen LogP contribution in [0.4, 0.5) is 5.69 Å². The van der Waals surface area contributed by atoms with Crippen LogP contribution in [0.2, 0.25) is 0 Å². The zero-order valence-electron chi connectivity index (χ0n) is 18.6. The minimum absolute atomic E-state index is 0.192. The minimum atomic E-state index is -3.51. The lowest BCUT2D eigenvalue weighted by Crippen LogP contribution is -2.27. The van der Waals surface area contributed by atoms with Gasteiger partial charge in [0.15, 0.2) is 6.61 Å². The van der Waals surface area contributed by atoms with Gasteiger partial charge in [0.25, 0.3) is 5.91 Å². The van der Waals surface area contributed by atoms with Gasteiger partial charge in [0.05, 0.1) is 16.0 Å². The van der Waals surface area contributed by atoms with Gasteiger partial charge in [0.2, 0.25) is 10.0 Å². The Morgan fingerprint density at radius 2 is 1.71 bits per heavy atom. The first-order chi connectivity index (χ1) is 16.4. The third-order valence-electron chi connectivity index (χ3n) is 6.30. The maximum absolute atomic E-state index is 13.0. The number of ether oxygens (including phenoxy) is 1. The van der Waals surface area contributed by atoms with Crippen molar-refractivity contribution < 1.29 is 22.7 Å². The summed E-state index contributed by atoms with van der Waals surface area (Å²) >= 11 is 0. The number of anilines is 1. The van der Waals surface area contributed by atoms with Gasteiger partial charge >= 0.3 is 5.97 Å². The van der Waals surface area contributed by atoms with Gasteiger partial charge in [-0.05, 0) is 68.0 Å². The van der Waals surface area contributed by atoms with E-state index in [-0.39, 0.29) is 4.90 Å². The molecule has 1 saturated heterocycles. The number of amides is 1. The molecule has 1 aromatic heterocycles. The molecule has 176 valence electrons. The number of aryl methyl sites for hydroxylation is 1. The molecule has 5 rings (SSSR count). The smallest absolute Gasteiger partial charge is 0.339 e. The van der Waals surface area contributed by atoms with Gasteiger partial charge in [-0.2, -0.15) is 4.31 Å². The number of sulfonamides is 1. The second-order valence-electron chi connectivity index (χ2n) is 8.54. The average molecular weight is 480 g/mol. The number of para-hydroxylation sites is 1. The summed E-state index contributed by atoms with van der Waals surface area (Å²) in [5.74, 6) is -1.04. The van der Waals surface area contributed by atoms with Crippen molar-refractivity contribution in [2.24, 2.45) is 0 Å². The Morgan fingerprint density at radius 1 is 0.971 bits per heavy atom. The molecular formula is C25H25N3O5S. The lowest BCUT2D eigenvalue weighted by Gasteiger charge is -2.15. The molecular weight excluding hydrogens is 454 g/mol. The highest BCUT2D eigenvalue weighted by Gasteiger charge is 2.27. The van der Waals surface area contributed by atoms with Gasteiger partial charge in [0, 0.05) is 29.9 Å². The van der Waals surface area contributed by atoms with Crippen molar-refractivity contribution in [3.05, 3.63) is 65.4 Å². The molecule has 1 aliphatic heterocycles.